The number of fused-ring (bicyclic) bond motifs is 2. The molecule has 5 rings (SSSR count). The number of hydrogen-bond donors (Lipinski definition) is 3. The van der Waals surface area contributed by atoms with Crippen LogP contribution in [0.1, 0.15) is 84.1 Å². The Morgan fingerprint density at radius 1 is 1.04 bits per heavy atom. The molecular weight excluding hydrogens is 735 g/mol. The molecule has 0 spiro atoms. The zero-order chi connectivity index (χ0) is 40.7. The molecule has 1 saturated carbocycles. The zero-order valence-corrected chi connectivity index (χ0v) is 34.2. The molecule has 0 aromatic heterocycles. The van der Waals surface area contributed by atoms with Crippen molar-refractivity contribution in [2.45, 2.75) is 101 Å². The van der Waals surface area contributed by atoms with Crippen LogP contribution in [-0.2, 0) is 24.4 Å². The van der Waals surface area contributed by atoms with Gasteiger partial charge >= 0.3 is 0 Å². The molecule has 12 nitrogen and oxygen atoms in total. The molecular formula is C43H59N3O9S. The van der Waals surface area contributed by atoms with E-state index in [0.717, 1.165) is 36.8 Å². The van der Waals surface area contributed by atoms with E-state index in [0.29, 0.717) is 42.3 Å². The molecule has 3 aliphatic rings. The van der Waals surface area contributed by atoms with E-state index < -0.39 is 33.4 Å². The molecule has 1 heterocycles. The Morgan fingerprint density at radius 2 is 1.71 bits per heavy atom. The number of amides is 1. The number of oxime groups is 1. The summed E-state index contributed by atoms with van der Waals surface area (Å²) in [5.41, 5.74) is 2.23. The van der Waals surface area contributed by atoms with Crippen LogP contribution in [0.2, 0.25) is 0 Å². The molecule has 306 valence electrons. The molecule has 0 saturated heterocycles. The van der Waals surface area contributed by atoms with Crippen LogP contribution in [0.5, 0.6) is 11.5 Å². The molecule has 1 aliphatic heterocycles. The summed E-state index contributed by atoms with van der Waals surface area (Å²) in [7, 11) is -2.66. The van der Waals surface area contributed by atoms with Gasteiger partial charge in [-0.15, -0.1) is 6.58 Å². The number of aliphatic hydroxyl groups is 2. The van der Waals surface area contributed by atoms with Crippen LogP contribution in [0.3, 0.4) is 0 Å². The maximum Gasteiger partial charge on any atom is 0.243 e. The average molecular weight is 794 g/mol. The van der Waals surface area contributed by atoms with Crippen LogP contribution in [0.25, 0.3) is 0 Å². The van der Waals surface area contributed by atoms with Gasteiger partial charge in [0.15, 0.2) is 0 Å². The van der Waals surface area contributed by atoms with E-state index in [9.17, 15) is 23.4 Å². The maximum atomic E-state index is 14.7. The number of anilines is 1. The molecule has 0 radical (unpaired) electrons. The number of hydrogen-bond acceptors (Lipinski definition) is 10. The first-order chi connectivity index (χ1) is 26.7. The van der Waals surface area contributed by atoms with Crippen molar-refractivity contribution in [2.75, 3.05) is 38.8 Å². The fourth-order valence-corrected chi connectivity index (χ4v) is 9.76. The van der Waals surface area contributed by atoms with Crippen LogP contribution in [-0.4, -0.2) is 85.5 Å². The number of rotatable bonds is 19. The van der Waals surface area contributed by atoms with E-state index in [1.807, 2.05) is 39.0 Å². The van der Waals surface area contributed by atoms with Crippen molar-refractivity contribution >= 4 is 27.3 Å². The number of sulfonamides is 1. The number of benzene rings is 2. The summed E-state index contributed by atoms with van der Waals surface area (Å²) >= 11 is 0. The van der Waals surface area contributed by atoms with Crippen LogP contribution >= 0.6 is 0 Å². The average Bonchev–Trinajstić information content (AvgIpc) is 3.16. The quantitative estimate of drug-likeness (QED) is 0.0778. The molecule has 2 aromatic carbocycles. The third-order valence-electron chi connectivity index (χ3n) is 10.7. The summed E-state index contributed by atoms with van der Waals surface area (Å²) in [6.45, 7) is 15.4. The number of carbonyl (C=O) groups is 1. The van der Waals surface area contributed by atoms with Crippen LogP contribution < -0.4 is 14.8 Å². The summed E-state index contributed by atoms with van der Waals surface area (Å²) in [4.78, 5) is 17.9. The molecule has 2 aromatic rings. The van der Waals surface area contributed by atoms with Crippen molar-refractivity contribution in [3.63, 3.8) is 0 Å². The topological polar surface area (TPSA) is 156 Å². The van der Waals surface area contributed by atoms with Gasteiger partial charge in [0.2, 0.25) is 21.7 Å². The molecule has 1 fully saturated rings. The van der Waals surface area contributed by atoms with Crippen LogP contribution in [0.15, 0.2) is 89.5 Å². The number of ether oxygens (including phenoxy) is 3. The van der Waals surface area contributed by atoms with Crippen molar-refractivity contribution in [2.24, 2.45) is 22.9 Å². The Kier molecular flexibility index (Phi) is 14.2. The number of likely N-dealkylation sites (N-methyl/N-ethyl adjacent to an activating group) is 1. The maximum absolute atomic E-state index is 14.7. The highest BCUT2D eigenvalue weighted by atomic mass is 32.2. The standard InChI is InChI=1S/C43H59N3O9S/c1-8-24-52-32-18-21-38-36(27-32)40-34(15-11-13-23-48)30(14-10-12-22-47)26-35-37(45-55-42(4,5)6)28-39(43(54-38,41(35)40)53-25-9-2)46(7)56(50,51)33-19-16-31(17-20-33)44-29(3)49/h8-9,16-21,26-27,30,34,39-41,47-48H,1-2,10-15,22-25,28H2,3-7H3,(H,44,49). The van der Waals surface area contributed by atoms with Gasteiger partial charge in [0.1, 0.15) is 23.7 Å². The fraction of sp³-hybridized carbons (Fsp3) is 0.535. The summed E-state index contributed by atoms with van der Waals surface area (Å²) in [5, 5.41) is 27.1. The van der Waals surface area contributed by atoms with E-state index in [1.54, 1.807) is 24.3 Å². The van der Waals surface area contributed by atoms with E-state index in [1.165, 1.54) is 30.4 Å². The predicted octanol–water partition coefficient (Wildman–Crippen LogP) is 6.96. The lowest BCUT2D eigenvalue weighted by molar-refractivity contribution is -0.250. The second kappa shape index (κ2) is 18.5. The number of allylic oxidation sites excluding steroid dienone is 1. The number of nitrogens with one attached hydrogen (secondary N) is 1. The lowest BCUT2D eigenvalue weighted by atomic mass is 9.55. The smallest absolute Gasteiger partial charge is 0.243 e. The number of carbonyl (C=O) groups excluding carboxylic acids is 1. The van der Waals surface area contributed by atoms with Gasteiger partial charge in [0.25, 0.3) is 0 Å². The third-order valence-corrected chi connectivity index (χ3v) is 12.6. The third kappa shape index (κ3) is 9.40. The van der Waals surface area contributed by atoms with Crippen molar-refractivity contribution < 1.29 is 42.5 Å². The van der Waals surface area contributed by atoms with Crippen molar-refractivity contribution in [3.8, 4) is 11.5 Å². The number of unbranched alkanes of at least 4 members (excludes halogenated alkanes) is 2. The first-order valence-electron chi connectivity index (χ1n) is 19.6. The van der Waals surface area contributed by atoms with Gasteiger partial charge in [0.05, 0.1) is 29.2 Å². The predicted molar refractivity (Wildman–Crippen MR) is 217 cm³/mol. The Morgan fingerprint density at radius 3 is 2.34 bits per heavy atom. The van der Waals surface area contributed by atoms with Gasteiger partial charge in [-0.2, -0.15) is 4.31 Å². The van der Waals surface area contributed by atoms with Crippen molar-refractivity contribution in [1.29, 1.82) is 0 Å². The largest absolute Gasteiger partial charge is 0.490 e. The van der Waals surface area contributed by atoms with Crippen LogP contribution in [0, 0.1) is 17.8 Å². The first kappa shape index (κ1) is 43.1. The lowest BCUT2D eigenvalue weighted by Gasteiger charge is -2.59. The molecule has 13 heteroatoms. The molecule has 6 atom stereocenters. The SMILES string of the molecule is C=CCOc1ccc2c(c1)C1C(CCCCO)C(CCCCO)C=C3C(=NOC(C)(C)C)CC(N(C)S(=O)(=O)c4ccc(NC(C)=O)cc4)C(OCC=C)(O2)C31. The number of aliphatic hydroxyl groups excluding tert-OH is 2. The van der Waals surface area contributed by atoms with Crippen molar-refractivity contribution in [1.82, 2.24) is 4.31 Å². The molecule has 56 heavy (non-hydrogen) atoms. The molecule has 3 N–H and O–H groups in total. The van der Waals surface area contributed by atoms with Gasteiger partial charge in [0, 0.05) is 50.8 Å². The van der Waals surface area contributed by atoms with Gasteiger partial charge < -0.3 is 34.6 Å². The van der Waals surface area contributed by atoms with Crippen LogP contribution in [0.4, 0.5) is 5.69 Å². The molecule has 1 amide bonds. The summed E-state index contributed by atoms with van der Waals surface area (Å²) < 4.78 is 50.8. The Labute approximate surface area is 332 Å². The van der Waals surface area contributed by atoms with Crippen molar-refractivity contribution in [3.05, 3.63) is 85.0 Å². The fourth-order valence-electron chi connectivity index (χ4n) is 8.39. The Bertz CT molecular complexity index is 1870. The highest BCUT2D eigenvalue weighted by molar-refractivity contribution is 7.89. The summed E-state index contributed by atoms with van der Waals surface area (Å²) in [6.07, 6.45) is 10.1. The second-order valence-corrected chi connectivity index (χ2v) is 17.8. The molecule has 6 unspecified atom stereocenters. The van der Waals surface area contributed by atoms with Gasteiger partial charge in [-0.3, -0.25) is 4.79 Å². The first-order valence-corrected chi connectivity index (χ1v) is 21.0. The summed E-state index contributed by atoms with van der Waals surface area (Å²) in [6, 6.07) is 10.8. The van der Waals surface area contributed by atoms with Gasteiger partial charge in [-0.25, -0.2) is 8.42 Å². The highest BCUT2D eigenvalue weighted by Gasteiger charge is 2.65. The molecule has 0 bridgehead atoms. The van der Waals surface area contributed by atoms with E-state index in [4.69, 9.17) is 24.2 Å². The monoisotopic (exact) mass is 793 g/mol. The van der Waals surface area contributed by atoms with E-state index in [-0.39, 0.29) is 54.8 Å². The summed E-state index contributed by atoms with van der Waals surface area (Å²) in [5.74, 6) is -1.36. The minimum absolute atomic E-state index is 0.0183. The second-order valence-electron chi connectivity index (χ2n) is 15.8. The highest BCUT2D eigenvalue weighted by Crippen LogP contribution is 2.62. The minimum Gasteiger partial charge on any atom is -0.490 e. The van der Waals surface area contributed by atoms with E-state index in [2.05, 4.69) is 24.6 Å². The normalized spacial score (nSPS) is 25.0. The Hall–Kier alpha value is -4.01. The number of nitrogens with zero attached hydrogens (tertiary/aromatic N) is 2. The van der Waals surface area contributed by atoms with Gasteiger partial charge in [-0.1, -0.05) is 42.8 Å². The minimum atomic E-state index is -4.20. The zero-order valence-electron chi connectivity index (χ0n) is 33.4. The molecule has 2 aliphatic carbocycles. The lowest BCUT2D eigenvalue weighted by Crippen LogP contribution is -2.69. The van der Waals surface area contributed by atoms with Gasteiger partial charge in [-0.05, 0) is 106 Å². The Balaban J connectivity index is 1.78. The van der Waals surface area contributed by atoms with E-state index >= 15 is 0 Å².